The van der Waals surface area contributed by atoms with E-state index in [9.17, 15) is 9.59 Å². The van der Waals surface area contributed by atoms with Crippen molar-refractivity contribution in [2.75, 3.05) is 13.1 Å². The minimum atomic E-state index is -0.691. The van der Waals surface area contributed by atoms with Gasteiger partial charge in [-0.05, 0) is 43.1 Å². The molecule has 3 N–H and O–H groups in total. The lowest BCUT2D eigenvalue weighted by atomic mass is 10.0. The van der Waals surface area contributed by atoms with Crippen LogP contribution in [0.25, 0.3) is 16.9 Å². The highest BCUT2D eigenvalue weighted by Gasteiger charge is 2.20. The van der Waals surface area contributed by atoms with E-state index in [-0.39, 0.29) is 17.2 Å². The molecule has 0 unspecified atom stereocenters. The van der Waals surface area contributed by atoms with E-state index in [1.165, 1.54) is 35.6 Å². The SMILES string of the molecule is NC(=O)c1ncn2c(C(=O)NCc3ccccc3CN3CCCCC3)cc(-c3ccccc3)nc12. The van der Waals surface area contributed by atoms with Crippen LogP contribution < -0.4 is 11.1 Å². The van der Waals surface area contributed by atoms with Gasteiger partial charge in [0.25, 0.3) is 11.8 Å². The van der Waals surface area contributed by atoms with Crippen LogP contribution in [-0.4, -0.2) is 44.2 Å². The molecule has 2 aromatic heterocycles. The molecule has 0 aliphatic carbocycles. The highest BCUT2D eigenvalue weighted by molar-refractivity contribution is 5.99. The Morgan fingerprint density at radius 2 is 1.66 bits per heavy atom. The number of carbonyl (C=O) groups is 2. The van der Waals surface area contributed by atoms with Gasteiger partial charge >= 0.3 is 0 Å². The number of imidazole rings is 1. The number of carbonyl (C=O) groups excluding carboxylic acids is 2. The van der Waals surface area contributed by atoms with Crippen molar-refractivity contribution in [1.29, 1.82) is 0 Å². The molecule has 1 fully saturated rings. The molecule has 1 aliphatic heterocycles. The van der Waals surface area contributed by atoms with Crippen molar-refractivity contribution in [3.05, 3.63) is 89.5 Å². The van der Waals surface area contributed by atoms with E-state index in [4.69, 9.17) is 5.73 Å². The zero-order valence-electron chi connectivity index (χ0n) is 19.5. The second-order valence-electron chi connectivity index (χ2n) is 8.83. The van der Waals surface area contributed by atoms with Crippen molar-refractivity contribution in [2.45, 2.75) is 32.4 Å². The van der Waals surface area contributed by atoms with Crippen molar-refractivity contribution in [2.24, 2.45) is 5.73 Å². The maximum atomic E-state index is 13.4. The highest BCUT2D eigenvalue weighted by atomic mass is 16.2. The molecule has 0 radical (unpaired) electrons. The smallest absolute Gasteiger partial charge is 0.271 e. The lowest BCUT2D eigenvalue weighted by Gasteiger charge is -2.27. The number of piperidine rings is 1. The summed E-state index contributed by atoms with van der Waals surface area (Å²) in [5.74, 6) is -0.973. The predicted molar refractivity (Wildman–Crippen MR) is 134 cm³/mol. The Morgan fingerprint density at radius 3 is 2.40 bits per heavy atom. The monoisotopic (exact) mass is 468 g/mol. The van der Waals surface area contributed by atoms with E-state index in [0.29, 0.717) is 17.9 Å². The molecular weight excluding hydrogens is 440 g/mol. The van der Waals surface area contributed by atoms with Crippen molar-refractivity contribution >= 4 is 17.5 Å². The zero-order chi connectivity index (χ0) is 24.2. The summed E-state index contributed by atoms with van der Waals surface area (Å²) in [5, 5.41) is 3.05. The van der Waals surface area contributed by atoms with Crippen LogP contribution in [0.15, 0.2) is 67.0 Å². The van der Waals surface area contributed by atoms with Gasteiger partial charge in [0.1, 0.15) is 12.0 Å². The van der Waals surface area contributed by atoms with E-state index in [2.05, 4.69) is 32.3 Å². The second kappa shape index (κ2) is 10.1. The van der Waals surface area contributed by atoms with Gasteiger partial charge in [0.15, 0.2) is 11.3 Å². The summed E-state index contributed by atoms with van der Waals surface area (Å²) in [7, 11) is 0. The number of nitrogens with one attached hydrogen (secondary N) is 1. The van der Waals surface area contributed by atoms with Gasteiger partial charge in [-0.3, -0.25) is 18.9 Å². The Labute approximate surface area is 203 Å². The average molecular weight is 469 g/mol. The van der Waals surface area contributed by atoms with Gasteiger partial charge in [0.05, 0.1) is 5.69 Å². The van der Waals surface area contributed by atoms with Gasteiger partial charge in [-0.15, -0.1) is 0 Å². The molecule has 5 rings (SSSR count). The first kappa shape index (κ1) is 22.7. The quantitative estimate of drug-likeness (QED) is 0.432. The minimum Gasteiger partial charge on any atom is -0.364 e. The van der Waals surface area contributed by atoms with E-state index in [1.54, 1.807) is 6.07 Å². The summed E-state index contributed by atoms with van der Waals surface area (Å²) in [6, 6.07) is 19.4. The largest absolute Gasteiger partial charge is 0.364 e. The van der Waals surface area contributed by atoms with E-state index in [0.717, 1.165) is 30.8 Å². The van der Waals surface area contributed by atoms with Crippen molar-refractivity contribution in [3.8, 4) is 11.3 Å². The number of nitrogens with two attached hydrogens (primary N) is 1. The molecule has 0 bridgehead atoms. The fraction of sp³-hybridized carbons (Fsp3) is 0.259. The molecule has 8 nitrogen and oxygen atoms in total. The van der Waals surface area contributed by atoms with Crippen LogP contribution in [-0.2, 0) is 13.1 Å². The van der Waals surface area contributed by atoms with Crippen LogP contribution in [0.1, 0.15) is 51.4 Å². The number of hydrogen-bond acceptors (Lipinski definition) is 5. The van der Waals surface area contributed by atoms with Gasteiger partial charge in [-0.25, -0.2) is 9.97 Å². The molecule has 0 spiro atoms. The molecule has 0 saturated carbocycles. The summed E-state index contributed by atoms with van der Waals surface area (Å²) < 4.78 is 1.52. The van der Waals surface area contributed by atoms with E-state index < -0.39 is 5.91 Å². The fourth-order valence-corrected chi connectivity index (χ4v) is 4.58. The molecular formula is C27H28N6O2. The second-order valence-corrected chi connectivity index (χ2v) is 8.83. The molecule has 3 heterocycles. The Balaban J connectivity index is 1.43. The lowest BCUT2D eigenvalue weighted by molar-refractivity contribution is 0.0942. The Hall–Kier alpha value is -4.04. The molecule has 0 atom stereocenters. The number of aromatic nitrogens is 3. The molecule has 1 aliphatic rings. The van der Waals surface area contributed by atoms with Gasteiger partial charge in [0, 0.05) is 18.7 Å². The standard InChI is InChI=1S/C27H28N6O2/c28-25(34)24-26-31-22(19-9-3-1-4-10-19)15-23(33(26)18-30-24)27(35)29-16-20-11-5-6-12-21(20)17-32-13-7-2-8-14-32/h1,3-6,9-12,15,18H,2,7-8,13-14,16-17H2,(H2,28,34)(H,29,35). The molecule has 2 amide bonds. The van der Waals surface area contributed by atoms with Crippen LogP contribution in [0.2, 0.25) is 0 Å². The van der Waals surface area contributed by atoms with E-state index in [1.807, 2.05) is 42.5 Å². The zero-order valence-corrected chi connectivity index (χ0v) is 19.5. The van der Waals surface area contributed by atoms with Gasteiger partial charge in [-0.1, -0.05) is 61.0 Å². The average Bonchev–Trinajstić information content (AvgIpc) is 3.33. The fourth-order valence-electron chi connectivity index (χ4n) is 4.58. The Kier molecular flexibility index (Phi) is 6.54. The molecule has 1 saturated heterocycles. The van der Waals surface area contributed by atoms with Gasteiger partial charge in [-0.2, -0.15) is 0 Å². The molecule has 8 heteroatoms. The number of rotatable bonds is 7. The summed E-state index contributed by atoms with van der Waals surface area (Å²) in [5.41, 5.74) is 9.83. The molecule has 2 aromatic carbocycles. The predicted octanol–water partition coefficient (Wildman–Crippen LogP) is 3.41. The first-order chi connectivity index (χ1) is 17.1. The number of fused-ring (bicyclic) bond motifs is 1. The number of primary amides is 1. The minimum absolute atomic E-state index is 0.0312. The highest BCUT2D eigenvalue weighted by Crippen LogP contribution is 2.22. The van der Waals surface area contributed by atoms with Crippen LogP contribution >= 0.6 is 0 Å². The van der Waals surface area contributed by atoms with Crippen LogP contribution in [0.4, 0.5) is 0 Å². The topological polar surface area (TPSA) is 106 Å². The van der Waals surface area contributed by atoms with Crippen molar-refractivity contribution < 1.29 is 9.59 Å². The first-order valence-electron chi connectivity index (χ1n) is 11.9. The van der Waals surface area contributed by atoms with Crippen molar-refractivity contribution in [1.82, 2.24) is 24.6 Å². The Bertz CT molecular complexity index is 1360. The van der Waals surface area contributed by atoms with Gasteiger partial charge < -0.3 is 11.1 Å². The third kappa shape index (κ3) is 4.93. The van der Waals surface area contributed by atoms with Crippen LogP contribution in [0.3, 0.4) is 0 Å². The van der Waals surface area contributed by atoms with Gasteiger partial charge in [0.2, 0.25) is 0 Å². The summed E-state index contributed by atoms with van der Waals surface area (Å²) in [6.07, 6.45) is 5.18. The number of nitrogens with zero attached hydrogens (tertiary/aromatic N) is 4. The number of likely N-dealkylation sites (tertiary alicyclic amines) is 1. The molecule has 178 valence electrons. The summed E-state index contributed by atoms with van der Waals surface area (Å²) >= 11 is 0. The summed E-state index contributed by atoms with van der Waals surface area (Å²) in [4.78, 5) is 36.5. The maximum Gasteiger partial charge on any atom is 0.271 e. The number of hydrogen-bond donors (Lipinski definition) is 2. The maximum absolute atomic E-state index is 13.4. The number of amides is 2. The molecule has 35 heavy (non-hydrogen) atoms. The van der Waals surface area contributed by atoms with E-state index >= 15 is 0 Å². The third-order valence-electron chi connectivity index (χ3n) is 6.44. The Morgan fingerprint density at radius 1 is 0.943 bits per heavy atom. The summed E-state index contributed by atoms with van der Waals surface area (Å²) in [6.45, 7) is 3.50. The first-order valence-corrected chi connectivity index (χ1v) is 11.9. The third-order valence-corrected chi connectivity index (χ3v) is 6.44. The van der Waals surface area contributed by atoms with Crippen molar-refractivity contribution in [3.63, 3.8) is 0 Å². The number of benzene rings is 2. The molecule has 4 aromatic rings. The normalized spacial score (nSPS) is 14.2. The van der Waals surface area contributed by atoms with Crippen LogP contribution in [0.5, 0.6) is 0 Å². The van der Waals surface area contributed by atoms with Crippen LogP contribution in [0, 0.1) is 0 Å². The lowest BCUT2D eigenvalue weighted by Crippen LogP contribution is -2.30.